The molecule has 1 rings (SSSR count). The molecule has 0 aromatic heterocycles. The lowest BCUT2D eigenvalue weighted by Crippen LogP contribution is -2.42. The number of amides is 1. The molecule has 0 aliphatic heterocycles. The number of phenolic OH excluding ortho intramolecular Hbond substituents is 1. The van der Waals surface area contributed by atoms with Crippen molar-refractivity contribution in [2.24, 2.45) is 0 Å². The highest BCUT2D eigenvalue weighted by atomic mass is 32.2. The van der Waals surface area contributed by atoms with Crippen LogP contribution in [0, 0.1) is 0 Å². The van der Waals surface area contributed by atoms with Crippen LogP contribution in [-0.2, 0) is 25.8 Å². The summed E-state index contributed by atoms with van der Waals surface area (Å²) in [6.07, 6.45) is 0.603. The van der Waals surface area contributed by atoms with Gasteiger partial charge in [-0.05, 0) is 12.5 Å². The molecule has 0 fully saturated rings. The number of benzene rings is 1. The molecule has 8 heteroatoms. The minimum absolute atomic E-state index is 0.0596. The molecule has 116 valence electrons. The molecule has 0 aliphatic rings. The molecule has 0 aliphatic carbocycles. The summed E-state index contributed by atoms with van der Waals surface area (Å²) >= 11 is 0. The summed E-state index contributed by atoms with van der Waals surface area (Å²) in [5, 5.41) is 20.8. The van der Waals surface area contributed by atoms with E-state index < -0.39 is 27.8 Å². The van der Waals surface area contributed by atoms with Crippen LogP contribution in [0.2, 0.25) is 0 Å². The fourth-order valence-corrected chi connectivity index (χ4v) is 2.33. The number of hydrogen-bond donors (Lipinski definition) is 3. The van der Waals surface area contributed by atoms with Crippen molar-refractivity contribution in [3.8, 4) is 5.75 Å². The molecule has 0 radical (unpaired) electrons. The predicted octanol–water partition coefficient (Wildman–Crippen LogP) is -0.0612. The number of carbonyl (C=O) groups excluding carboxylic acids is 1. The summed E-state index contributed by atoms with van der Waals surface area (Å²) in [5.74, 6) is -2.29. The maximum absolute atomic E-state index is 11.8. The molecular weight excluding hydrogens is 298 g/mol. The number of carboxylic acids is 1. The Balaban J connectivity index is 2.65. The van der Waals surface area contributed by atoms with E-state index in [1.807, 2.05) is 0 Å². The Morgan fingerprint density at radius 3 is 2.43 bits per heavy atom. The maximum atomic E-state index is 11.8. The number of nitrogens with one attached hydrogen (secondary N) is 1. The second-order valence-electron chi connectivity index (χ2n) is 4.68. The number of rotatable bonds is 7. The van der Waals surface area contributed by atoms with Crippen molar-refractivity contribution in [1.82, 2.24) is 5.32 Å². The smallest absolute Gasteiger partial charge is 0.326 e. The molecule has 21 heavy (non-hydrogen) atoms. The van der Waals surface area contributed by atoms with E-state index >= 15 is 0 Å². The lowest BCUT2D eigenvalue weighted by molar-refractivity contribution is -0.141. The first-order chi connectivity index (χ1) is 9.69. The van der Waals surface area contributed by atoms with Crippen LogP contribution >= 0.6 is 0 Å². The normalized spacial score (nSPS) is 12.6. The van der Waals surface area contributed by atoms with E-state index in [1.165, 1.54) is 6.07 Å². The van der Waals surface area contributed by atoms with Crippen LogP contribution < -0.4 is 5.32 Å². The van der Waals surface area contributed by atoms with Crippen LogP contribution in [0.5, 0.6) is 5.75 Å². The van der Waals surface area contributed by atoms with Crippen molar-refractivity contribution in [2.45, 2.75) is 18.9 Å². The van der Waals surface area contributed by atoms with E-state index in [2.05, 4.69) is 5.32 Å². The SMILES string of the molecule is CS(=O)(=O)CCC(NC(=O)Cc1ccccc1O)C(=O)O. The highest BCUT2D eigenvalue weighted by Crippen LogP contribution is 2.16. The van der Waals surface area contributed by atoms with E-state index in [0.29, 0.717) is 5.56 Å². The number of carbonyl (C=O) groups is 2. The topological polar surface area (TPSA) is 121 Å². The van der Waals surface area contributed by atoms with Gasteiger partial charge in [0.1, 0.15) is 21.6 Å². The van der Waals surface area contributed by atoms with Crippen molar-refractivity contribution >= 4 is 21.7 Å². The molecule has 0 saturated carbocycles. The fourth-order valence-electron chi connectivity index (χ4n) is 1.67. The van der Waals surface area contributed by atoms with Gasteiger partial charge >= 0.3 is 5.97 Å². The van der Waals surface area contributed by atoms with Gasteiger partial charge in [0.05, 0.1) is 12.2 Å². The highest BCUT2D eigenvalue weighted by Gasteiger charge is 2.22. The molecule has 0 heterocycles. The number of aliphatic carboxylic acids is 1. The van der Waals surface area contributed by atoms with E-state index in [9.17, 15) is 23.1 Å². The number of aromatic hydroxyl groups is 1. The van der Waals surface area contributed by atoms with Gasteiger partial charge in [-0.15, -0.1) is 0 Å². The zero-order valence-electron chi connectivity index (χ0n) is 11.4. The highest BCUT2D eigenvalue weighted by molar-refractivity contribution is 7.90. The van der Waals surface area contributed by atoms with E-state index in [0.717, 1.165) is 6.26 Å². The Morgan fingerprint density at radius 1 is 1.29 bits per heavy atom. The number of hydrogen-bond acceptors (Lipinski definition) is 5. The van der Waals surface area contributed by atoms with Crippen LogP contribution in [0.4, 0.5) is 0 Å². The number of sulfone groups is 1. The van der Waals surface area contributed by atoms with Gasteiger partial charge < -0.3 is 15.5 Å². The van der Waals surface area contributed by atoms with Crippen molar-refractivity contribution < 1.29 is 28.2 Å². The van der Waals surface area contributed by atoms with Gasteiger partial charge in [-0.2, -0.15) is 0 Å². The second-order valence-corrected chi connectivity index (χ2v) is 6.94. The summed E-state index contributed by atoms with van der Waals surface area (Å²) in [6, 6.07) is 4.92. The summed E-state index contributed by atoms with van der Waals surface area (Å²) < 4.78 is 22.1. The quantitative estimate of drug-likeness (QED) is 0.648. The van der Waals surface area contributed by atoms with Crippen molar-refractivity contribution in [3.05, 3.63) is 29.8 Å². The molecule has 1 amide bonds. The average molecular weight is 315 g/mol. The van der Waals surface area contributed by atoms with Gasteiger partial charge in [0.2, 0.25) is 5.91 Å². The van der Waals surface area contributed by atoms with Gasteiger partial charge in [-0.1, -0.05) is 18.2 Å². The maximum Gasteiger partial charge on any atom is 0.326 e. The molecule has 1 aromatic carbocycles. The Bertz CT molecular complexity index is 625. The summed E-state index contributed by atoms with van der Waals surface area (Å²) in [5.41, 5.74) is 0.363. The van der Waals surface area contributed by atoms with E-state index in [-0.39, 0.29) is 24.3 Å². The third-order valence-electron chi connectivity index (χ3n) is 2.75. The van der Waals surface area contributed by atoms with E-state index in [4.69, 9.17) is 5.11 Å². The minimum atomic E-state index is -3.31. The molecule has 3 N–H and O–H groups in total. The first kappa shape index (κ1) is 17.0. The minimum Gasteiger partial charge on any atom is -0.508 e. The van der Waals surface area contributed by atoms with Gasteiger partial charge in [0, 0.05) is 11.8 Å². The predicted molar refractivity (Wildman–Crippen MR) is 75.7 cm³/mol. The molecule has 0 bridgehead atoms. The lowest BCUT2D eigenvalue weighted by atomic mass is 10.1. The molecule has 1 atom stereocenters. The van der Waals surface area contributed by atoms with Crippen LogP contribution in [0.1, 0.15) is 12.0 Å². The third-order valence-corrected chi connectivity index (χ3v) is 3.73. The Labute approximate surface area is 122 Å². The average Bonchev–Trinajstić information content (AvgIpc) is 2.36. The second kappa shape index (κ2) is 7.07. The zero-order valence-corrected chi connectivity index (χ0v) is 12.3. The molecular formula is C13H17NO6S. The largest absolute Gasteiger partial charge is 0.508 e. The summed E-state index contributed by atoms with van der Waals surface area (Å²) in [4.78, 5) is 22.8. The van der Waals surface area contributed by atoms with Crippen molar-refractivity contribution in [1.29, 1.82) is 0 Å². The number of para-hydroxylation sites is 1. The van der Waals surface area contributed by atoms with Crippen LogP contribution in [0.3, 0.4) is 0 Å². The summed E-state index contributed by atoms with van der Waals surface area (Å²) in [7, 11) is -3.31. The van der Waals surface area contributed by atoms with Gasteiger partial charge in [-0.3, -0.25) is 4.79 Å². The molecule has 0 spiro atoms. The van der Waals surface area contributed by atoms with Crippen molar-refractivity contribution in [3.63, 3.8) is 0 Å². The third kappa shape index (κ3) is 6.26. The Hall–Kier alpha value is -2.09. The standard InChI is InChI=1S/C13H17NO6S/c1-21(19,20)7-6-10(13(17)18)14-12(16)8-9-4-2-3-5-11(9)15/h2-5,10,15H,6-8H2,1H3,(H,14,16)(H,17,18). The number of carboxylic acid groups (broad SMARTS) is 1. The Kier molecular flexibility index (Phi) is 5.71. The summed E-state index contributed by atoms with van der Waals surface area (Å²) in [6.45, 7) is 0. The monoisotopic (exact) mass is 315 g/mol. The first-order valence-corrected chi connectivity index (χ1v) is 8.22. The van der Waals surface area contributed by atoms with Gasteiger partial charge in [0.15, 0.2) is 0 Å². The van der Waals surface area contributed by atoms with Crippen LogP contribution in [-0.4, -0.2) is 48.6 Å². The van der Waals surface area contributed by atoms with Crippen molar-refractivity contribution in [2.75, 3.05) is 12.0 Å². The van der Waals surface area contributed by atoms with E-state index in [1.54, 1.807) is 18.2 Å². The fraction of sp³-hybridized carbons (Fsp3) is 0.385. The molecule has 0 saturated heterocycles. The molecule has 1 aromatic rings. The van der Waals surface area contributed by atoms with Crippen LogP contribution in [0.25, 0.3) is 0 Å². The zero-order chi connectivity index (χ0) is 16.0. The van der Waals surface area contributed by atoms with Crippen LogP contribution in [0.15, 0.2) is 24.3 Å². The Morgan fingerprint density at radius 2 is 1.90 bits per heavy atom. The van der Waals surface area contributed by atoms with Gasteiger partial charge in [0.25, 0.3) is 0 Å². The molecule has 1 unspecified atom stereocenters. The first-order valence-electron chi connectivity index (χ1n) is 6.16. The molecule has 7 nitrogen and oxygen atoms in total. The number of phenols is 1. The lowest BCUT2D eigenvalue weighted by Gasteiger charge is -2.14. The van der Waals surface area contributed by atoms with Gasteiger partial charge in [-0.25, -0.2) is 13.2 Å².